The average molecular weight is 333 g/mol. The molecular formula is C18H11N3O4. The van der Waals surface area contributed by atoms with Crippen molar-refractivity contribution in [2.45, 2.75) is 0 Å². The Hall–Kier alpha value is -3.97. The number of carbonyl (C=O) groups is 1. The van der Waals surface area contributed by atoms with Crippen LogP contribution in [0.4, 0.5) is 5.69 Å². The van der Waals surface area contributed by atoms with Crippen LogP contribution in [0.5, 0.6) is 5.75 Å². The first-order chi connectivity index (χ1) is 12.1. The Bertz CT molecular complexity index is 936. The molecule has 122 valence electrons. The second kappa shape index (κ2) is 8.04. The third-order valence-corrected chi connectivity index (χ3v) is 3.20. The van der Waals surface area contributed by atoms with Crippen molar-refractivity contribution >= 4 is 17.5 Å². The van der Waals surface area contributed by atoms with Gasteiger partial charge in [-0.2, -0.15) is 10.5 Å². The second-order valence-electron chi connectivity index (χ2n) is 4.79. The number of non-ortho nitro benzene ring substituents is 1. The van der Waals surface area contributed by atoms with Crippen LogP contribution in [0.25, 0.3) is 6.08 Å². The lowest BCUT2D eigenvalue weighted by atomic mass is 10.0. The van der Waals surface area contributed by atoms with Gasteiger partial charge in [-0.05, 0) is 12.1 Å². The number of nitrogens with zero attached hydrogens (tertiary/aromatic N) is 3. The van der Waals surface area contributed by atoms with Crippen LogP contribution >= 0.6 is 0 Å². The van der Waals surface area contributed by atoms with E-state index in [1.807, 2.05) is 6.07 Å². The van der Waals surface area contributed by atoms with Crippen molar-refractivity contribution in [1.29, 1.82) is 10.5 Å². The van der Waals surface area contributed by atoms with Crippen LogP contribution in [0.15, 0.2) is 54.1 Å². The molecule has 0 amide bonds. The Labute approximate surface area is 143 Å². The summed E-state index contributed by atoms with van der Waals surface area (Å²) in [6, 6.07) is 15.4. The van der Waals surface area contributed by atoms with Crippen molar-refractivity contribution in [3.63, 3.8) is 0 Å². The molecule has 0 atom stereocenters. The maximum Gasteiger partial charge on any atom is 0.270 e. The van der Waals surface area contributed by atoms with E-state index in [0.29, 0.717) is 11.3 Å². The third-order valence-electron chi connectivity index (χ3n) is 3.20. The number of para-hydroxylation sites is 1. The summed E-state index contributed by atoms with van der Waals surface area (Å²) in [7, 11) is 0. The molecule has 0 fully saturated rings. The molecule has 2 aromatic carbocycles. The van der Waals surface area contributed by atoms with Gasteiger partial charge in [0.25, 0.3) is 5.69 Å². The molecule has 0 aliphatic heterocycles. The Kier molecular flexibility index (Phi) is 5.59. The molecular weight excluding hydrogens is 322 g/mol. The Morgan fingerprint density at radius 1 is 1.20 bits per heavy atom. The first-order valence-corrected chi connectivity index (χ1v) is 7.06. The molecule has 0 N–H and O–H groups in total. The van der Waals surface area contributed by atoms with Crippen molar-refractivity contribution in [2.24, 2.45) is 0 Å². The summed E-state index contributed by atoms with van der Waals surface area (Å²) in [5.74, 6) is -0.287. The number of nitro benzene ring substituents is 1. The van der Waals surface area contributed by atoms with Gasteiger partial charge in [0.15, 0.2) is 6.61 Å². The quantitative estimate of drug-likeness (QED) is 0.263. The number of rotatable bonds is 6. The van der Waals surface area contributed by atoms with Crippen LogP contribution in [0.2, 0.25) is 0 Å². The summed E-state index contributed by atoms with van der Waals surface area (Å²) in [5, 5.41) is 28.7. The Balaban J connectivity index is 2.40. The van der Waals surface area contributed by atoms with Crippen molar-refractivity contribution in [1.82, 2.24) is 0 Å². The number of nitriles is 2. The molecule has 25 heavy (non-hydrogen) atoms. The molecule has 0 aliphatic carbocycles. The summed E-state index contributed by atoms with van der Waals surface area (Å²) >= 11 is 0. The van der Waals surface area contributed by atoms with Crippen LogP contribution in [-0.4, -0.2) is 17.3 Å². The van der Waals surface area contributed by atoms with Crippen LogP contribution in [0.1, 0.15) is 15.9 Å². The lowest BCUT2D eigenvalue weighted by Crippen LogP contribution is -2.03. The Morgan fingerprint density at radius 2 is 1.96 bits per heavy atom. The second-order valence-corrected chi connectivity index (χ2v) is 4.79. The normalized spacial score (nSPS) is 10.4. The number of hydrogen-bond donors (Lipinski definition) is 0. The number of ether oxygens (including phenoxy) is 1. The fraction of sp³-hybridized carbons (Fsp3) is 0.0556. The summed E-state index contributed by atoms with van der Waals surface area (Å²) in [6.07, 6.45) is 1.33. The highest BCUT2D eigenvalue weighted by molar-refractivity contribution is 6.14. The summed E-state index contributed by atoms with van der Waals surface area (Å²) in [6.45, 7) is -0.175. The maximum atomic E-state index is 12.5. The van der Waals surface area contributed by atoms with Gasteiger partial charge >= 0.3 is 0 Å². The molecule has 0 unspecified atom stereocenters. The van der Waals surface area contributed by atoms with Crippen LogP contribution < -0.4 is 4.74 Å². The van der Waals surface area contributed by atoms with Gasteiger partial charge in [0.1, 0.15) is 23.5 Å². The van der Waals surface area contributed by atoms with Gasteiger partial charge in [-0.25, -0.2) is 0 Å². The van der Waals surface area contributed by atoms with Gasteiger partial charge < -0.3 is 4.74 Å². The van der Waals surface area contributed by atoms with E-state index in [0.717, 1.165) is 6.07 Å². The van der Waals surface area contributed by atoms with E-state index in [9.17, 15) is 20.2 Å². The zero-order valence-corrected chi connectivity index (χ0v) is 12.9. The van der Waals surface area contributed by atoms with Crippen molar-refractivity contribution in [2.75, 3.05) is 6.61 Å². The molecule has 2 aromatic rings. The number of Topliss-reactive ketones (excluding diaryl/α,β-unsaturated/α-hetero) is 1. The highest BCUT2D eigenvalue weighted by atomic mass is 16.6. The number of ketones is 1. The van der Waals surface area contributed by atoms with E-state index in [4.69, 9.17) is 10.00 Å². The molecule has 0 heterocycles. The number of hydrogen-bond acceptors (Lipinski definition) is 6. The minimum Gasteiger partial charge on any atom is -0.478 e. The van der Waals surface area contributed by atoms with Gasteiger partial charge in [0.05, 0.1) is 4.92 Å². The first-order valence-electron chi connectivity index (χ1n) is 7.06. The van der Waals surface area contributed by atoms with Crippen LogP contribution in [-0.2, 0) is 0 Å². The molecule has 2 rings (SSSR count). The van der Waals surface area contributed by atoms with E-state index < -0.39 is 10.7 Å². The predicted molar refractivity (Wildman–Crippen MR) is 88.6 cm³/mol. The van der Waals surface area contributed by atoms with Crippen molar-refractivity contribution in [3.05, 3.63) is 75.3 Å². The van der Waals surface area contributed by atoms with E-state index >= 15 is 0 Å². The average Bonchev–Trinajstić information content (AvgIpc) is 2.64. The monoisotopic (exact) mass is 333 g/mol. The lowest BCUT2D eigenvalue weighted by Gasteiger charge is -2.06. The van der Waals surface area contributed by atoms with E-state index in [2.05, 4.69) is 0 Å². The molecule has 0 aliphatic rings. The minimum absolute atomic E-state index is 0.0393. The third kappa shape index (κ3) is 4.27. The molecule has 0 bridgehead atoms. The minimum atomic E-state index is -0.638. The fourth-order valence-electron chi connectivity index (χ4n) is 2.06. The zero-order valence-electron chi connectivity index (χ0n) is 12.9. The fourth-order valence-corrected chi connectivity index (χ4v) is 2.06. The summed E-state index contributed by atoms with van der Waals surface area (Å²) < 4.78 is 5.25. The van der Waals surface area contributed by atoms with Crippen LogP contribution in [0.3, 0.4) is 0 Å². The standard InChI is InChI=1S/C18H11N3O4/c19-8-9-25-17-7-2-1-4-13(17)10-15(12-20)18(22)14-5-3-6-16(11-14)21(23)24/h1-7,10-11H,9H2/b15-10+. The van der Waals surface area contributed by atoms with E-state index in [-0.39, 0.29) is 23.4 Å². The number of carbonyl (C=O) groups excluding carboxylic acids is 1. The van der Waals surface area contributed by atoms with Gasteiger partial charge in [-0.3, -0.25) is 14.9 Å². The van der Waals surface area contributed by atoms with E-state index in [1.165, 1.54) is 24.3 Å². The lowest BCUT2D eigenvalue weighted by molar-refractivity contribution is -0.384. The van der Waals surface area contributed by atoms with Gasteiger partial charge in [0, 0.05) is 23.3 Å². The molecule has 0 radical (unpaired) electrons. The van der Waals surface area contributed by atoms with Gasteiger partial charge in [-0.1, -0.05) is 30.3 Å². The largest absolute Gasteiger partial charge is 0.478 e. The maximum absolute atomic E-state index is 12.5. The van der Waals surface area contributed by atoms with Gasteiger partial charge in [-0.15, -0.1) is 0 Å². The topological polar surface area (TPSA) is 117 Å². The van der Waals surface area contributed by atoms with Crippen molar-refractivity contribution in [3.8, 4) is 17.9 Å². The van der Waals surface area contributed by atoms with Crippen molar-refractivity contribution < 1.29 is 14.5 Å². The highest BCUT2D eigenvalue weighted by Crippen LogP contribution is 2.23. The summed E-state index contributed by atoms with van der Waals surface area (Å²) in [4.78, 5) is 22.7. The number of benzene rings is 2. The zero-order chi connectivity index (χ0) is 18.2. The smallest absolute Gasteiger partial charge is 0.270 e. The molecule has 0 aromatic heterocycles. The summed E-state index contributed by atoms with van der Waals surface area (Å²) in [5.41, 5.74) is 0.0555. The molecule has 0 saturated heterocycles. The SMILES string of the molecule is N#CCOc1ccccc1/C=C(\C#N)C(=O)c1cccc([N+](=O)[O-])c1. The molecule has 0 saturated carbocycles. The number of nitro groups is 1. The van der Waals surface area contributed by atoms with E-state index in [1.54, 1.807) is 30.3 Å². The molecule has 0 spiro atoms. The first kappa shape index (κ1) is 17.4. The Morgan fingerprint density at radius 3 is 2.64 bits per heavy atom. The number of allylic oxidation sites excluding steroid dienone is 1. The molecule has 7 nitrogen and oxygen atoms in total. The molecule has 7 heteroatoms. The predicted octanol–water partition coefficient (Wildman–Crippen LogP) is 3.29. The highest BCUT2D eigenvalue weighted by Gasteiger charge is 2.16. The van der Waals surface area contributed by atoms with Crippen LogP contribution in [0, 0.1) is 32.8 Å². The van der Waals surface area contributed by atoms with Gasteiger partial charge in [0.2, 0.25) is 5.78 Å².